The van der Waals surface area contributed by atoms with Crippen molar-refractivity contribution in [1.82, 2.24) is 15.0 Å². The maximum Gasteiger partial charge on any atom is 0.258 e. The molecule has 0 amide bonds. The summed E-state index contributed by atoms with van der Waals surface area (Å²) in [6, 6.07) is 6.22. The number of fused-ring (bicyclic) bond motifs is 1. The van der Waals surface area contributed by atoms with Gasteiger partial charge in [-0.15, -0.1) is 0 Å². The Labute approximate surface area is 120 Å². The zero-order valence-corrected chi connectivity index (χ0v) is 12.0. The molecule has 5 heteroatoms. The van der Waals surface area contributed by atoms with Gasteiger partial charge in [-0.05, 0) is 50.6 Å². The average molecular weight is 283 g/mol. The topological polar surface area (TPSA) is 58.6 Å². The summed E-state index contributed by atoms with van der Waals surface area (Å²) < 4.78 is 13.3. The van der Waals surface area contributed by atoms with Crippen molar-refractivity contribution in [3.63, 3.8) is 0 Å². The summed E-state index contributed by atoms with van der Waals surface area (Å²) >= 11 is 0. The lowest BCUT2D eigenvalue weighted by Crippen LogP contribution is -2.11. The maximum absolute atomic E-state index is 13.3. The van der Waals surface area contributed by atoms with E-state index in [-0.39, 0.29) is 11.4 Å². The molecular weight excluding hydrogens is 269 g/mol. The Kier molecular flexibility index (Phi) is 3.05. The van der Waals surface area contributed by atoms with Crippen LogP contribution >= 0.6 is 0 Å². The van der Waals surface area contributed by atoms with Crippen molar-refractivity contribution in [3.05, 3.63) is 57.5 Å². The Balaban J connectivity index is 2.44. The SMILES string of the molecule is Cc1cc2c(=O)[nH]c(C)nc2c(-c2ccc(F)cc2C)n1. The van der Waals surface area contributed by atoms with E-state index in [0.717, 1.165) is 16.8 Å². The third-order valence-electron chi connectivity index (χ3n) is 3.38. The summed E-state index contributed by atoms with van der Waals surface area (Å²) in [6.07, 6.45) is 0. The molecule has 0 saturated carbocycles. The van der Waals surface area contributed by atoms with Crippen molar-refractivity contribution in [2.75, 3.05) is 0 Å². The molecular formula is C16H14FN3O. The van der Waals surface area contributed by atoms with Crippen LogP contribution < -0.4 is 5.56 Å². The van der Waals surface area contributed by atoms with Gasteiger partial charge in [0.05, 0.1) is 11.1 Å². The van der Waals surface area contributed by atoms with Gasteiger partial charge in [0.2, 0.25) is 0 Å². The van der Waals surface area contributed by atoms with Gasteiger partial charge in [0.15, 0.2) is 0 Å². The summed E-state index contributed by atoms with van der Waals surface area (Å²) in [4.78, 5) is 23.7. The number of halogens is 1. The Morgan fingerprint density at radius 1 is 1.10 bits per heavy atom. The molecule has 106 valence electrons. The lowest BCUT2D eigenvalue weighted by molar-refractivity contribution is 0.627. The number of benzene rings is 1. The summed E-state index contributed by atoms with van der Waals surface area (Å²) in [5, 5.41) is 0.492. The van der Waals surface area contributed by atoms with Crippen molar-refractivity contribution in [1.29, 1.82) is 0 Å². The Morgan fingerprint density at radius 3 is 2.57 bits per heavy atom. The number of H-pyrrole nitrogens is 1. The molecule has 21 heavy (non-hydrogen) atoms. The van der Waals surface area contributed by atoms with Crippen LogP contribution in [0.25, 0.3) is 22.2 Å². The average Bonchev–Trinajstić information content (AvgIpc) is 2.39. The van der Waals surface area contributed by atoms with E-state index in [9.17, 15) is 9.18 Å². The Bertz CT molecular complexity index is 915. The quantitative estimate of drug-likeness (QED) is 0.746. The van der Waals surface area contributed by atoms with E-state index in [0.29, 0.717) is 22.4 Å². The summed E-state index contributed by atoms with van der Waals surface area (Å²) in [5.41, 5.74) is 3.21. The molecule has 2 heterocycles. The normalized spacial score (nSPS) is 11.0. The van der Waals surface area contributed by atoms with Gasteiger partial charge >= 0.3 is 0 Å². The minimum atomic E-state index is -0.296. The van der Waals surface area contributed by atoms with Gasteiger partial charge in [-0.25, -0.2) is 9.37 Å². The van der Waals surface area contributed by atoms with E-state index in [1.54, 1.807) is 19.1 Å². The molecule has 3 aromatic rings. The number of nitrogens with one attached hydrogen (secondary N) is 1. The molecule has 0 radical (unpaired) electrons. The highest BCUT2D eigenvalue weighted by Gasteiger charge is 2.13. The van der Waals surface area contributed by atoms with Crippen LogP contribution in [-0.2, 0) is 0 Å². The minimum absolute atomic E-state index is 0.191. The highest BCUT2D eigenvalue weighted by Crippen LogP contribution is 2.27. The molecule has 0 aliphatic carbocycles. The van der Waals surface area contributed by atoms with Gasteiger partial charge in [-0.1, -0.05) is 0 Å². The predicted molar refractivity (Wildman–Crippen MR) is 79.8 cm³/mol. The lowest BCUT2D eigenvalue weighted by atomic mass is 10.0. The van der Waals surface area contributed by atoms with Gasteiger partial charge in [-0.2, -0.15) is 0 Å². The first-order chi connectivity index (χ1) is 9.95. The van der Waals surface area contributed by atoms with E-state index in [2.05, 4.69) is 15.0 Å². The third kappa shape index (κ3) is 2.31. The van der Waals surface area contributed by atoms with E-state index in [1.807, 2.05) is 13.8 Å². The molecule has 0 unspecified atom stereocenters. The van der Waals surface area contributed by atoms with Gasteiger partial charge in [0.1, 0.15) is 17.2 Å². The molecule has 0 bridgehead atoms. The maximum atomic E-state index is 13.3. The predicted octanol–water partition coefficient (Wildman–Crippen LogP) is 3.05. The Morgan fingerprint density at radius 2 is 1.86 bits per heavy atom. The highest BCUT2D eigenvalue weighted by atomic mass is 19.1. The van der Waals surface area contributed by atoms with Crippen LogP contribution in [0.15, 0.2) is 29.1 Å². The molecule has 0 atom stereocenters. The number of nitrogens with zero attached hydrogens (tertiary/aromatic N) is 2. The fourth-order valence-corrected chi connectivity index (χ4v) is 2.46. The van der Waals surface area contributed by atoms with E-state index in [4.69, 9.17) is 0 Å². The van der Waals surface area contributed by atoms with Gasteiger partial charge in [0.25, 0.3) is 5.56 Å². The van der Waals surface area contributed by atoms with Crippen LogP contribution in [0.2, 0.25) is 0 Å². The molecule has 0 aliphatic heterocycles. The standard InChI is InChI=1S/C16H14FN3O/c1-8-6-11(17)4-5-12(8)14-15-13(7-9(2)18-14)16(21)20-10(3)19-15/h4-7H,1-3H3,(H,19,20,21). The molecule has 1 N–H and O–H groups in total. The molecule has 4 nitrogen and oxygen atoms in total. The largest absolute Gasteiger partial charge is 0.310 e. The van der Waals surface area contributed by atoms with Gasteiger partial charge in [-0.3, -0.25) is 9.78 Å². The first-order valence-electron chi connectivity index (χ1n) is 6.60. The van der Waals surface area contributed by atoms with Crippen molar-refractivity contribution in [3.8, 4) is 11.3 Å². The fraction of sp³-hybridized carbons (Fsp3) is 0.188. The number of aromatic nitrogens is 3. The second-order valence-electron chi connectivity index (χ2n) is 5.12. The van der Waals surface area contributed by atoms with Crippen molar-refractivity contribution in [2.45, 2.75) is 20.8 Å². The highest BCUT2D eigenvalue weighted by molar-refractivity contribution is 5.91. The number of rotatable bonds is 1. The molecule has 0 saturated heterocycles. The van der Waals surface area contributed by atoms with Crippen LogP contribution in [-0.4, -0.2) is 15.0 Å². The molecule has 3 rings (SSSR count). The Hall–Kier alpha value is -2.56. The second-order valence-corrected chi connectivity index (χ2v) is 5.12. The fourth-order valence-electron chi connectivity index (χ4n) is 2.46. The van der Waals surface area contributed by atoms with Crippen molar-refractivity contribution in [2.24, 2.45) is 0 Å². The molecule has 0 aliphatic rings. The number of pyridine rings is 1. The first kappa shape index (κ1) is 13.4. The zero-order valence-electron chi connectivity index (χ0n) is 12.0. The minimum Gasteiger partial charge on any atom is -0.310 e. The monoisotopic (exact) mass is 283 g/mol. The van der Waals surface area contributed by atoms with Crippen LogP contribution in [0.1, 0.15) is 17.1 Å². The molecule has 0 fully saturated rings. The van der Waals surface area contributed by atoms with Crippen molar-refractivity contribution < 1.29 is 4.39 Å². The number of aryl methyl sites for hydroxylation is 3. The first-order valence-corrected chi connectivity index (χ1v) is 6.60. The van der Waals surface area contributed by atoms with E-state index < -0.39 is 0 Å². The molecule has 1 aromatic carbocycles. The summed E-state index contributed by atoms with van der Waals surface area (Å²) in [6.45, 7) is 5.36. The number of hydrogen-bond donors (Lipinski definition) is 1. The second kappa shape index (κ2) is 4.77. The van der Waals surface area contributed by atoms with E-state index in [1.165, 1.54) is 12.1 Å². The third-order valence-corrected chi connectivity index (χ3v) is 3.38. The number of aromatic amines is 1. The van der Waals surface area contributed by atoms with Crippen LogP contribution in [0.3, 0.4) is 0 Å². The van der Waals surface area contributed by atoms with Crippen LogP contribution in [0, 0.1) is 26.6 Å². The van der Waals surface area contributed by atoms with Crippen molar-refractivity contribution >= 4 is 10.9 Å². The van der Waals surface area contributed by atoms with Gasteiger partial charge < -0.3 is 4.98 Å². The zero-order chi connectivity index (χ0) is 15.1. The van der Waals surface area contributed by atoms with E-state index >= 15 is 0 Å². The number of hydrogen-bond acceptors (Lipinski definition) is 3. The summed E-state index contributed by atoms with van der Waals surface area (Å²) in [7, 11) is 0. The van der Waals surface area contributed by atoms with Gasteiger partial charge in [0, 0.05) is 11.3 Å². The molecule has 2 aromatic heterocycles. The molecule has 0 spiro atoms. The smallest absolute Gasteiger partial charge is 0.258 e. The lowest BCUT2D eigenvalue weighted by Gasteiger charge is -2.10. The summed E-state index contributed by atoms with van der Waals surface area (Å²) in [5.74, 6) is 0.231. The van der Waals surface area contributed by atoms with Crippen LogP contribution in [0.5, 0.6) is 0 Å². The van der Waals surface area contributed by atoms with Crippen LogP contribution in [0.4, 0.5) is 4.39 Å².